The van der Waals surface area contributed by atoms with Crippen LogP contribution in [-0.4, -0.2) is 21.2 Å². The summed E-state index contributed by atoms with van der Waals surface area (Å²) in [7, 11) is 0. The van der Waals surface area contributed by atoms with E-state index in [-0.39, 0.29) is 22.0 Å². The van der Waals surface area contributed by atoms with Crippen LogP contribution in [0.4, 0.5) is 11.5 Å². The Bertz CT molecular complexity index is 724. The van der Waals surface area contributed by atoms with Crippen molar-refractivity contribution < 1.29 is 9.90 Å². The predicted molar refractivity (Wildman–Crippen MR) is 75.8 cm³/mol. The number of halogens is 2. The van der Waals surface area contributed by atoms with Crippen molar-refractivity contribution >= 4 is 40.6 Å². The fourth-order valence-electron chi connectivity index (χ4n) is 2.47. The van der Waals surface area contributed by atoms with E-state index in [0.29, 0.717) is 16.4 Å². The van der Waals surface area contributed by atoms with Crippen molar-refractivity contribution in [1.29, 1.82) is 0 Å². The topological polar surface area (TPSA) is 104 Å². The van der Waals surface area contributed by atoms with Gasteiger partial charge in [0.15, 0.2) is 5.82 Å². The van der Waals surface area contributed by atoms with Crippen molar-refractivity contribution in [3.05, 3.63) is 39.0 Å². The van der Waals surface area contributed by atoms with Gasteiger partial charge in [0.25, 0.3) is 5.91 Å². The highest BCUT2D eigenvalue weighted by molar-refractivity contribution is 6.38. The Morgan fingerprint density at radius 1 is 1.40 bits per heavy atom. The van der Waals surface area contributed by atoms with Crippen molar-refractivity contribution in [3.63, 3.8) is 0 Å². The number of amides is 1. The quantitative estimate of drug-likeness (QED) is 0.644. The number of nitrogen functional groups attached to an aromatic ring is 1. The number of nitrogens with one attached hydrogen (secondary N) is 2. The van der Waals surface area contributed by atoms with Gasteiger partial charge in [0.1, 0.15) is 0 Å². The highest BCUT2D eigenvalue weighted by atomic mass is 35.5. The summed E-state index contributed by atoms with van der Waals surface area (Å²) in [6.45, 7) is 1.66. The van der Waals surface area contributed by atoms with Crippen molar-refractivity contribution in [2.24, 2.45) is 0 Å². The first-order chi connectivity index (χ1) is 9.35. The monoisotopic (exact) mass is 312 g/mol. The molecule has 1 aliphatic rings. The Kier molecular flexibility index (Phi) is 2.72. The van der Waals surface area contributed by atoms with Crippen molar-refractivity contribution in [2.45, 2.75) is 12.5 Å². The van der Waals surface area contributed by atoms with Gasteiger partial charge in [-0.05, 0) is 19.1 Å². The number of hydrogen-bond acceptors (Lipinski definition) is 4. The van der Waals surface area contributed by atoms with Gasteiger partial charge in [-0.3, -0.25) is 9.89 Å². The van der Waals surface area contributed by atoms with Crippen LogP contribution in [0.15, 0.2) is 12.1 Å². The lowest BCUT2D eigenvalue weighted by Crippen LogP contribution is -2.36. The second-order valence-corrected chi connectivity index (χ2v) is 5.43. The van der Waals surface area contributed by atoms with Crippen LogP contribution >= 0.6 is 23.2 Å². The van der Waals surface area contributed by atoms with E-state index in [1.165, 1.54) is 12.1 Å². The van der Waals surface area contributed by atoms with Gasteiger partial charge in [-0.2, -0.15) is 5.10 Å². The lowest BCUT2D eigenvalue weighted by atomic mass is 9.87. The number of carbonyl (C=O) groups excluding carboxylic acids is 1. The second kappa shape index (κ2) is 4.12. The van der Waals surface area contributed by atoms with Crippen LogP contribution in [0.5, 0.6) is 0 Å². The number of nitrogens with zero attached hydrogens (tertiary/aromatic N) is 1. The molecule has 104 valence electrons. The van der Waals surface area contributed by atoms with Crippen molar-refractivity contribution in [2.75, 3.05) is 11.1 Å². The Hall–Kier alpha value is -1.76. The number of aryl methyl sites for hydroxylation is 1. The molecule has 0 aliphatic carbocycles. The number of anilines is 2. The first-order valence-electron chi connectivity index (χ1n) is 5.70. The zero-order valence-electron chi connectivity index (χ0n) is 10.3. The molecule has 1 aromatic carbocycles. The second-order valence-electron chi connectivity index (χ2n) is 4.58. The smallest absolute Gasteiger partial charge is 0.266 e. The summed E-state index contributed by atoms with van der Waals surface area (Å²) in [5.41, 5.74) is 5.06. The van der Waals surface area contributed by atoms with Gasteiger partial charge >= 0.3 is 0 Å². The summed E-state index contributed by atoms with van der Waals surface area (Å²) in [5, 5.41) is 20.5. The number of aromatic amines is 1. The lowest BCUT2D eigenvalue weighted by Gasteiger charge is -2.21. The molecule has 0 saturated heterocycles. The minimum absolute atomic E-state index is 0.0455. The van der Waals surface area contributed by atoms with Crippen molar-refractivity contribution in [1.82, 2.24) is 10.2 Å². The molecule has 0 saturated carbocycles. The number of H-pyrrole nitrogens is 1. The first-order valence-corrected chi connectivity index (χ1v) is 6.45. The molecule has 1 aliphatic heterocycles. The van der Waals surface area contributed by atoms with E-state index in [9.17, 15) is 9.90 Å². The third-order valence-electron chi connectivity index (χ3n) is 3.35. The molecule has 1 amide bonds. The SMILES string of the molecule is Cc1[nH]nc(N)c1C1(O)C(=O)Nc2c(Cl)cc(Cl)cc21. The van der Waals surface area contributed by atoms with Crippen molar-refractivity contribution in [3.8, 4) is 0 Å². The van der Waals surface area contributed by atoms with Gasteiger partial charge in [-0.1, -0.05) is 23.2 Å². The standard InChI is InChI=1S/C12H10Cl2N4O2/c1-4-8(10(15)18-17-4)12(20)6-2-5(13)3-7(14)9(6)16-11(12)19/h2-3,20H,1H3,(H,16,19)(H3,15,17,18). The Morgan fingerprint density at radius 3 is 2.70 bits per heavy atom. The van der Waals surface area contributed by atoms with Crippen LogP contribution in [-0.2, 0) is 10.4 Å². The molecule has 3 rings (SSSR count). The van der Waals surface area contributed by atoms with Gasteiger partial charge in [0.05, 0.1) is 16.3 Å². The molecule has 5 N–H and O–H groups in total. The largest absolute Gasteiger partial charge is 0.382 e. The third kappa shape index (κ3) is 1.56. The number of rotatable bonds is 1. The highest BCUT2D eigenvalue weighted by Gasteiger charge is 2.50. The molecule has 8 heteroatoms. The molecule has 1 aromatic heterocycles. The molecule has 20 heavy (non-hydrogen) atoms. The van der Waals surface area contributed by atoms with Crippen LogP contribution in [0, 0.1) is 6.92 Å². The summed E-state index contributed by atoms with van der Waals surface area (Å²) in [6, 6.07) is 2.96. The third-order valence-corrected chi connectivity index (χ3v) is 3.87. The van der Waals surface area contributed by atoms with E-state index in [2.05, 4.69) is 15.5 Å². The van der Waals surface area contributed by atoms with Crippen LogP contribution in [0.1, 0.15) is 16.8 Å². The van der Waals surface area contributed by atoms with Crippen LogP contribution < -0.4 is 11.1 Å². The number of nitrogens with two attached hydrogens (primary N) is 1. The number of fused-ring (bicyclic) bond motifs is 1. The van der Waals surface area contributed by atoms with E-state index in [4.69, 9.17) is 28.9 Å². The maximum atomic E-state index is 12.3. The minimum atomic E-state index is -1.97. The zero-order valence-corrected chi connectivity index (χ0v) is 11.8. The van der Waals surface area contributed by atoms with E-state index in [1.807, 2.05) is 0 Å². The number of hydrogen-bond donors (Lipinski definition) is 4. The van der Waals surface area contributed by atoms with Gasteiger partial charge < -0.3 is 16.2 Å². The molecule has 0 fully saturated rings. The maximum Gasteiger partial charge on any atom is 0.266 e. The number of aliphatic hydroxyl groups is 1. The molecule has 0 radical (unpaired) electrons. The molecule has 0 bridgehead atoms. The average molecular weight is 313 g/mol. The molecular weight excluding hydrogens is 303 g/mol. The van der Waals surface area contributed by atoms with Crippen LogP contribution in [0.2, 0.25) is 10.0 Å². The molecule has 2 heterocycles. The number of benzene rings is 1. The van der Waals surface area contributed by atoms with Gasteiger partial charge in [-0.15, -0.1) is 0 Å². The average Bonchev–Trinajstić information content (AvgIpc) is 2.82. The molecule has 6 nitrogen and oxygen atoms in total. The number of carbonyl (C=O) groups is 1. The summed E-state index contributed by atoms with van der Waals surface area (Å²) in [5.74, 6) is -0.600. The van der Waals surface area contributed by atoms with E-state index < -0.39 is 11.5 Å². The molecule has 1 unspecified atom stereocenters. The summed E-state index contributed by atoms with van der Waals surface area (Å²) < 4.78 is 0. The Balaban J connectivity index is 2.34. The molecule has 0 spiro atoms. The number of aromatic nitrogens is 2. The normalized spacial score (nSPS) is 20.9. The lowest BCUT2D eigenvalue weighted by molar-refractivity contribution is -0.129. The van der Waals surface area contributed by atoms with E-state index >= 15 is 0 Å². The maximum absolute atomic E-state index is 12.3. The summed E-state index contributed by atoms with van der Waals surface area (Å²) >= 11 is 12.0. The molecular formula is C12H10Cl2N4O2. The summed E-state index contributed by atoms with van der Waals surface area (Å²) in [6.07, 6.45) is 0. The van der Waals surface area contributed by atoms with Gasteiger partial charge in [0, 0.05) is 16.3 Å². The fraction of sp³-hybridized carbons (Fsp3) is 0.167. The molecule has 2 aromatic rings. The van der Waals surface area contributed by atoms with E-state index in [1.54, 1.807) is 6.92 Å². The summed E-state index contributed by atoms with van der Waals surface area (Å²) in [4.78, 5) is 12.3. The van der Waals surface area contributed by atoms with Gasteiger partial charge in [0.2, 0.25) is 5.60 Å². The molecule has 1 atom stereocenters. The first kappa shape index (κ1) is 13.2. The van der Waals surface area contributed by atoms with Crippen LogP contribution in [0.3, 0.4) is 0 Å². The Morgan fingerprint density at radius 2 is 2.10 bits per heavy atom. The highest BCUT2D eigenvalue weighted by Crippen LogP contribution is 2.47. The van der Waals surface area contributed by atoms with Crippen LogP contribution in [0.25, 0.3) is 0 Å². The predicted octanol–water partition coefficient (Wildman–Crippen LogP) is 1.80. The van der Waals surface area contributed by atoms with E-state index in [0.717, 1.165) is 0 Å². The van der Waals surface area contributed by atoms with Gasteiger partial charge in [-0.25, -0.2) is 0 Å². The minimum Gasteiger partial charge on any atom is -0.382 e. The Labute approximate surface area is 123 Å². The fourth-order valence-corrected chi connectivity index (χ4v) is 3.01. The zero-order chi connectivity index (χ0) is 14.7.